The largest absolute Gasteiger partial charge is 0.360 e. The van der Waals surface area contributed by atoms with Crippen LogP contribution >= 0.6 is 11.6 Å². The lowest BCUT2D eigenvalue weighted by atomic mass is 10.0. The molecular formula is C24H26ClN3O4S. The van der Waals surface area contributed by atoms with Crippen LogP contribution in [0.2, 0.25) is 5.02 Å². The Morgan fingerprint density at radius 2 is 1.91 bits per heavy atom. The highest BCUT2D eigenvalue weighted by molar-refractivity contribution is 7.89. The van der Waals surface area contributed by atoms with Crippen LogP contribution < -0.4 is 5.32 Å². The van der Waals surface area contributed by atoms with Crippen molar-refractivity contribution in [3.8, 4) is 11.3 Å². The van der Waals surface area contributed by atoms with Gasteiger partial charge in [-0.2, -0.15) is 4.31 Å². The molecule has 2 heterocycles. The molecule has 0 bridgehead atoms. The number of carbonyl (C=O) groups is 1. The molecule has 1 amide bonds. The first-order valence-electron chi connectivity index (χ1n) is 11.0. The molecular weight excluding hydrogens is 462 g/mol. The van der Waals surface area contributed by atoms with Gasteiger partial charge in [-0.1, -0.05) is 48.3 Å². The Morgan fingerprint density at radius 3 is 2.61 bits per heavy atom. The van der Waals surface area contributed by atoms with E-state index in [2.05, 4.69) is 10.5 Å². The van der Waals surface area contributed by atoms with Crippen molar-refractivity contribution >= 4 is 33.2 Å². The maximum Gasteiger partial charge on any atom is 0.261 e. The Kier molecular flexibility index (Phi) is 6.88. The van der Waals surface area contributed by atoms with E-state index in [-0.39, 0.29) is 16.5 Å². The van der Waals surface area contributed by atoms with Crippen LogP contribution in [0.5, 0.6) is 0 Å². The number of carbonyl (C=O) groups excluding carboxylic acids is 1. The van der Waals surface area contributed by atoms with Gasteiger partial charge in [-0.05, 0) is 56.5 Å². The van der Waals surface area contributed by atoms with Crippen LogP contribution in [-0.2, 0) is 10.0 Å². The summed E-state index contributed by atoms with van der Waals surface area (Å²) in [6.45, 7) is 4.21. The average Bonchev–Trinajstić information content (AvgIpc) is 3.21. The van der Waals surface area contributed by atoms with Gasteiger partial charge in [0.2, 0.25) is 10.0 Å². The molecule has 1 saturated heterocycles. The van der Waals surface area contributed by atoms with Gasteiger partial charge in [-0.15, -0.1) is 0 Å². The number of piperidine rings is 1. The van der Waals surface area contributed by atoms with Crippen molar-refractivity contribution in [1.82, 2.24) is 9.46 Å². The van der Waals surface area contributed by atoms with E-state index in [1.54, 1.807) is 47.6 Å². The van der Waals surface area contributed by atoms with Gasteiger partial charge in [0, 0.05) is 23.8 Å². The summed E-state index contributed by atoms with van der Waals surface area (Å²) in [5.41, 5.74) is 1.69. The van der Waals surface area contributed by atoms with Crippen LogP contribution in [-0.4, -0.2) is 36.4 Å². The Bertz CT molecular complexity index is 1250. The molecule has 7 nitrogen and oxygen atoms in total. The van der Waals surface area contributed by atoms with Gasteiger partial charge in [-0.25, -0.2) is 8.42 Å². The third-order valence-electron chi connectivity index (χ3n) is 5.98. The second kappa shape index (κ2) is 9.67. The molecule has 174 valence electrons. The fraction of sp³-hybridized carbons (Fsp3) is 0.333. The molecule has 9 heteroatoms. The Labute approximate surface area is 198 Å². The molecule has 1 atom stereocenters. The molecule has 1 N–H and O–H groups in total. The third kappa shape index (κ3) is 4.69. The molecule has 2 aromatic carbocycles. The number of aromatic nitrogens is 1. The van der Waals surface area contributed by atoms with Crippen molar-refractivity contribution in [3.05, 3.63) is 64.9 Å². The van der Waals surface area contributed by atoms with Gasteiger partial charge in [0.25, 0.3) is 5.91 Å². The molecule has 0 saturated carbocycles. The highest BCUT2D eigenvalue weighted by Crippen LogP contribution is 2.32. The SMILES string of the molecule is CCC1CCCCN1S(=O)(=O)c1ccc(NC(=O)c2c(-c3ccccc3Cl)noc2C)cc1. The molecule has 1 aliphatic heterocycles. The van der Waals surface area contributed by atoms with Crippen molar-refractivity contribution in [3.63, 3.8) is 0 Å². The molecule has 1 aromatic heterocycles. The highest BCUT2D eigenvalue weighted by Gasteiger charge is 2.32. The molecule has 0 aliphatic carbocycles. The number of aryl methyl sites for hydroxylation is 1. The van der Waals surface area contributed by atoms with Crippen molar-refractivity contribution in [2.75, 3.05) is 11.9 Å². The van der Waals surface area contributed by atoms with E-state index in [0.717, 1.165) is 25.7 Å². The number of nitrogens with zero attached hydrogens (tertiary/aromatic N) is 2. The Morgan fingerprint density at radius 1 is 1.18 bits per heavy atom. The van der Waals surface area contributed by atoms with Crippen molar-refractivity contribution in [2.45, 2.75) is 50.5 Å². The summed E-state index contributed by atoms with van der Waals surface area (Å²) < 4.78 is 33.2. The summed E-state index contributed by atoms with van der Waals surface area (Å²) in [5.74, 6) is -0.0568. The molecule has 33 heavy (non-hydrogen) atoms. The lowest BCUT2D eigenvalue weighted by molar-refractivity contribution is 0.102. The molecule has 1 unspecified atom stereocenters. The van der Waals surface area contributed by atoms with Crippen LogP contribution in [0.25, 0.3) is 11.3 Å². The minimum absolute atomic E-state index is 0.0305. The normalized spacial score (nSPS) is 17.1. The van der Waals surface area contributed by atoms with Crippen LogP contribution in [0, 0.1) is 6.92 Å². The summed E-state index contributed by atoms with van der Waals surface area (Å²) in [6, 6.07) is 13.3. The average molecular weight is 488 g/mol. The van der Waals surface area contributed by atoms with E-state index in [9.17, 15) is 13.2 Å². The van der Waals surface area contributed by atoms with Crippen LogP contribution in [0.3, 0.4) is 0 Å². The first kappa shape index (κ1) is 23.5. The van der Waals surface area contributed by atoms with Crippen LogP contribution in [0.15, 0.2) is 57.9 Å². The minimum atomic E-state index is -3.59. The fourth-order valence-corrected chi connectivity index (χ4v) is 6.21. The summed E-state index contributed by atoms with van der Waals surface area (Å²) in [4.78, 5) is 13.3. The number of rotatable bonds is 6. The van der Waals surface area contributed by atoms with E-state index in [1.807, 2.05) is 6.92 Å². The Balaban J connectivity index is 1.56. The summed E-state index contributed by atoms with van der Waals surface area (Å²) >= 11 is 6.28. The van der Waals surface area contributed by atoms with Gasteiger partial charge in [0.05, 0.1) is 9.92 Å². The molecule has 1 aliphatic rings. The number of anilines is 1. The van der Waals surface area contributed by atoms with Crippen molar-refractivity contribution in [1.29, 1.82) is 0 Å². The lowest BCUT2D eigenvalue weighted by Crippen LogP contribution is -2.43. The zero-order valence-corrected chi connectivity index (χ0v) is 20.1. The second-order valence-corrected chi connectivity index (χ2v) is 10.4. The number of nitrogens with one attached hydrogen (secondary N) is 1. The molecule has 0 spiro atoms. The second-order valence-electron chi connectivity index (χ2n) is 8.09. The number of amides is 1. The predicted octanol–water partition coefficient (Wildman–Crippen LogP) is 5.51. The first-order chi connectivity index (χ1) is 15.8. The van der Waals surface area contributed by atoms with Gasteiger partial charge >= 0.3 is 0 Å². The lowest BCUT2D eigenvalue weighted by Gasteiger charge is -2.34. The molecule has 0 radical (unpaired) electrons. The van der Waals surface area contributed by atoms with E-state index in [4.69, 9.17) is 16.1 Å². The van der Waals surface area contributed by atoms with E-state index < -0.39 is 15.9 Å². The minimum Gasteiger partial charge on any atom is -0.360 e. The van der Waals surface area contributed by atoms with E-state index >= 15 is 0 Å². The van der Waals surface area contributed by atoms with Crippen molar-refractivity contribution < 1.29 is 17.7 Å². The topological polar surface area (TPSA) is 92.5 Å². The number of benzene rings is 2. The predicted molar refractivity (Wildman–Crippen MR) is 128 cm³/mol. The maximum atomic E-state index is 13.2. The van der Waals surface area contributed by atoms with Gasteiger partial charge in [0.15, 0.2) is 0 Å². The quantitative estimate of drug-likeness (QED) is 0.495. The zero-order valence-electron chi connectivity index (χ0n) is 18.5. The van der Waals surface area contributed by atoms with Crippen LogP contribution in [0.1, 0.15) is 48.7 Å². The summed E-state index contributed by atoms with van der Waals surface area (Å²) in [5, 5.41) is 7.28. The third-order valence-corrected chi connectivity index (χ3v) is 8.28. The van der Waals surface area contributed by atoms with Crippen LogP contribution in [0.4, 0.5) is 5.69 Å². The fourth-order valence-electron chi connectivity index (χ4n) is 4.21. The molecule has 3 aromatic rings. The van der Waals surface area contributed by atoms with Gasteiger partial charge in [0.1, 0.15) is 17.0 Å². The maximum absolute atomic E-state index is 13.2. The first-order valence-corrected chi connectivity index (χ1v) is 12.8. The number of sulfonamides is 1. The standard InChI is InChI=1S/C24H26ClN3O4S/c1-3-18-8-6-7-15-28(18)33(30,31)19-13-11-17(12-14-19)26-24(29)22-16(2)32-27-23(22)20-9-4-5-10-21(20)25/h4-5,9-14,18H,3,6-8,15H2,1-2H3,(H,26,29). The van der Waals surface area contributed by atoms with Gasteiger partial charge < -0.3 is 9.84 Å². The molecule has 4 rings (SSSR count). The number of hydrogen-bond acceptors (Lipinski definition) is 5. The highest BCUT2D eigenvalue weighted by atomic mass is 35.5. The Hall–Kier alpha value is -2.68. The molecule has 1 fully saturated rings. The monoisotopic (exact) mass is 487 g/mol. The van der Waals surface area contributed by atoms with E-state index in [0.29, 0.717) is 34.3 Å². The van der Waals surface area contributed by atoms with Gasteiger partial charge in [-0.3, -0.25) is 4.79 Å². The number of hydrogen-bond donors (Lipinski definition) is 1. The summed E-state index contributed by atoms with van der Waals surface area (Å²) in [6.07, 6.45) is 3.60. The van der Waals surface area contributed by atoms with E-state index in [1.165, 1.54) is 12.1 Å². The summed E-state index contributed by atoms with van der Waals surface area (Å²) in [7, 11) is -3.59. The van der Waals surface area contributed by atoms with Crippen molar-refractivity contribution in [2.24, 2.45) is 0 Å². The smallest absolute Gasteiger partial charge is 0.261 e. The number of halogens is 1. The zero-order chi connectivity index (χ0) is 23.6.